The Morgan fingerprint density at radius 1 is 1.07 bits per heavy atom. The largest absolute Gasteiger partial charge is 0.507 e. The van der Waals surface area contributed by atoms with Gasteiger partial charge in [-0.15, -0.1) is 0 Å². The number of ketones is 1. The van der Waals surface area contributed by atoms with E-state index in [-0.39, 0.29) is 42.5 Å². The first-order valence-electron chi connectivity index (χ1n) is 8.31. The molecule has 0 aliphatic carbocycles. The predicted octanol–water partition coefficient (Wildman–Crippen LogP) is 3.07. The van der Waals surface area contributed by atoms with E-state index in [4.69, 9.17) is 4.74 Å². The second-order valence-corrected chi connectivity index (χ2v) is 5.85. The van der Waals surface area contributed by atoms with Gasteiger partial charge >= 0.3 is 5.97 Å². The molecule has 0 spiro atoms. The van der Waals surface area contributed by atoms with Gasteiger partial charge in [-0.05, 0) is 36.8 Å². The highest BCUT2D eigenvalue weighted by Gasteiger charge is 2.09. The third-order valence-electron chi connectivity index (χ3n) is 3.75. The first-order valence-corrected chi connectivity index (χ1v) is 8.31. The maximum atomic E-state index is 11.8. The van der Waals surface area contributed by atoms with Crippen LogP contribution >= 0.6 is 0 Å². The minimum atomic E-state index is -0.439. The van der Waals surface area contributed by atoms with Crippen molar-refractivity contribution in [3.63, 3.8) is 0 Å². The zero-order valence-electron chi connectivity index (χ0n) is 15.2. The molecule has 0 atom stereocenters. The van der Waals surface area contributed by atoms with Crippen LogP contribution in [0.15, 0.2) is 42.5 Å². The highest BCUT2D eigenvalue weighted by molar-refractivity contribution is 5.96. The van der Waals surface area contributed by atoms with E-state index >= 15 is 0 Å². The van der Waals surface area contributed by atoms with Gasteiger partial charge in [0.15, 0.2) is 5.78 Å². The molecule has 0 unspecified atom stereocenters. The number of ether oxygens (including phenoxy) is 2. The molecule has 0 aliphatic heterocycles. The van der Waals surface area contributed by atoms with Crippen LogP contribution in [-0.4, -0.2) is 29.9 Å². The van der Waals surface area contributed by atoms with Gasteiger partial charge in [-0.3, -0.25) is 14.4 Å². The number of benzene rings is 2. The molecule has 0 aromatic heterocycles. The molecule has 2 aromatic rings. The SMILES string of the molecule is COC(=O)CCC(=O)Nc1cccc(COc2ccc(C(C)=O)c(O)c2)c1. The Balaban J connectivity index is 1.93. The topological polar surface area (TPSA) is 102 Å². The highest BCUT2D eigenvalue weighted by atomic mass is 16.5. The van der Waals surface area contributed by atoms with E-state index in [1.54, 1.807) is 24.3 Å². The number of nitrogens with one attached hydrogen (secondary N) is 1. The van der Waals surface area contributed by atoms with Crippen molar-refractivity contribution in [2.45, 2.75) is 26.4 Å². The number of carbonyl (C=O) groups excluding carboxylic acids is 3. The Bertz CT molecular complexity index is 846. The average molecular weight is 371 g/mol. The molecule has 2 N–H and O–H groups in total. The third kappa shape index (κ3) is 6.14. The molecule has 0 saturated carbocycles. The molecule has 7 heteroatoms. The second kappa shape index (κ2) is 9.38. The number of esters is 1. The van der Waals surface area contributed by atoms with Gasteiger partial charge in [0.05, 0.1) is 19.1 Å². The number of anilines is 1. The van der Waals surface area contributed by atoms with E-state index in [0.29, 0.717) is 11.4 Å². The summed E-state index contributed by atoms with van der Waals surface area (Å²) in [5.41, 5.74) is 1.62. The molecule has 2 aromatic carbocycles. The zero-order chi connectivity index (χ0) is 19.8. The van der Waals surface area contributed by atoms with Crippen LogP contribution in [0.5, 0.6) is 11.5 Å². The van der Waals surface area contributed by atoms with E-state index in [9.17, 15) is 19.5 Å². The molecule has 0 radical (unpaired) electrons. The lowest BCUT2D eigenvalue weighted by atomic mass is 10.1. The molecule has 142 valence electrons. The molecular weight excluding hydrogens is 350 g/mol. The Labute approximate surface area is 156 Å². The number of phenols is 1. The smallest absolute Gasteiger partial charge is 0.306 e. The normalized spacial score (nSPS) is 10.1. The van der Waals surface area contributed by atoms with Gasteiger partial charge in [0.1, 0.15) is 18.1 Å². The van der Waals surface area contributed by atoms with Crippen LogP contribution < -0.4 is 10.1 Å². The zero-order valence-corrected chi connectivity index (χ0v) is 15.2. The van der Waals surface area contributed by atoms with Crippen molar-refractivity contribution >= 4 is 23.3 Å². The molecule has 0 saturated heterocycles. The molecule has 0 bridgehead atoms. The Morgan fingerprint density at radius 2 is 1.85 bits per heavy atom. The number of Topliss-reactive ketones (excluding diaryl/α,β-unsaturated/α-hetero) is 1. The lowest BCUT2D eigenvalue weighted by Crippen LogP contribution is -2.14. The van der Waals surface area contributed by atoms with Crippen molar-refractivity contribution in [2.75, 3.05) is 12.4 Å². The number of amides is 1. The van der Waals surface area contributed by atoms with Gasteiger partial charge in [0, 0.05) is 18.2 Å². The van der Waals surface area contributed by atoms with Gasteiger partial charge in [-0.2, -0.15) is 0 Å². The summed E-state index contributed by atoms with van der Waals surface area (Å²) in [4.78, 5) is 34.2. The van der Waals surface area contributed by atoms with Crippen LogP contribution in [0.1, 0.15) is 35.7 Å². The number of methoxy groups -OCH3 is 1. The molecule has 1 amide bonds. The summed E-state index contributed by atoms with van der Waals surface area (Å²) in [6, 6.07) is 11.6. The van der Waals surface area contributed by atoms with Gasteiger partial charge in [-0.1, -0.05) is 12.1 Å². The van der Waals surface area contributed by atoms with Crippen LogP contribution in [0.4, 0.5) is 5.69 Å². The van der Waals surface area contributed by atoms with Gasteiger partial charge < -0.3 is 19.9 Å². The summed E-state index contributed by atoms with van der Waals surface area (Å²) < 4.78 is 10.1. The summed E-state index contributed by atoms with van der Waals surface area (Å²) in [7, 11) is 1.27. The van der Waals surface area contributed by atoms with E-state index in [0.717, 1.165) is 5.56 Å². The average Bonchev–Trinajstić information content (AvgIpc) is 2.64. The summed E-state index contributed by atoms with van der Waals surface area (Å²) in [5, 5.41) is 12.5. The number of rotatable bonds is 8. The van der Waals surface area contributed by atoms with Crippen molar-refractivity contribution in [3.05, 3.63) is 53.6 Å². The second-order valence-electron chi connectivity index (χ2n) is 5.85. The van der Waals surface area contributed by atoms with Crippen LogP contribution in [-0.2, 0) is 20.9 Å². The quantitative estimate of drug-likeness (QED) is 0.546. The number of phenolic OH excluding ortho intramolecular Hbond substituents is 1. The molecule has 0 heterocycles. The van der Waals surface area contributed by atoms with Crippen LogP contribution in [0.2, 0.25) is 0 Å². The highest BCUT2D eigenvalue weighted by Crippen LogP contribution is 2.25. The number of hydrogen-bond acceptors (Lipinski definition) is 6. The van der Waals surface area contributed by atoms with E-state index in [1.807, 2.05) is 6.07 Å². The van der Waals surface area contributed by atoms with Crippen molar-refractivity contribution < 1.29 is 29.0 Å². The maximum absolute atomic E-state index is 11.8. The van der Waals surface area contributed by atoms with Crippen molar-refractivity contribution in [3.8, 4) is 11.5 Å². The van der Waals surface area contributed by atoms with E-state index < -0.39 is 5.97 Å². The van der Waals surface area contributed by atoms with E-state index in [2.05, 4.69) is 10.1 Å². The minimum Gasteiger partial charge on any atom is -0.507 e. The fourth-order valence-electron chi connectivity index (χ4n) is 2.35. The van der Waals surface area contributed by atoms with Crippen molar-refractivity contribution in [2.24, 2.45) is 0 Å². The Kier molecular flexibility index (Phi) is 6.93. The Morgan fingerprint density at radius 3 is 2.52 bits per heavy atom. The molecule has 7 nitrogen and oxygen atoms in total. The molecule has 0 fully saturated rings. The fraction of sp³-hybridized carbons (Fsp3) is 0.250. The molecular formula is C20H21NO6. The summed E-state index contributed by atoms with van der Waals surface area (Å²) in [6.07, 6.45) is 0.0556. The monoisotopic (exact) mass is 371 g/mol. The molecule has 27 heavy (non-hydrogen) atoms. The van der Waals surface area contributed by atoms with E-state index in [1.165, 1.54) is 26.2 Å². The molecule has 2 rings (SSSR count). The van der Waals surface area contributed by atoms with Crippen molar-refractivity contribution in [1.29, 1.82) is 0 Å². The first kappa shape index (κ1) is 20.0. The molecule has 0 aliphatic rings. The lowest BCUT2D eigenvalue weighted by molar-refractivity contribution is -0.141. The third-order valence-corrected chi connectivity index (χ3v) is 3.75. The standard InChI is InChI=1S/C20H21NO6/c1-13(22)17-7-6-16(11-18(17)23)27-12-14-4-3-5-15(10-14)21-19(24)8-9-20(25)26-2/h3-7,10-11,23H,8-9,12H2,1-2H3,(H,21,24). The number of carbonyl (C=O) groups is 3. The number of hydrogen-bond donors (Lipinski definition) is 2. The summed E-state index contributed by atoms with van der Waals surface area (Å²) >= 11 is 0. The predicted molar refractivity (Wildman–Crippen MR) is 98.8 cm³/mol. The van der Waals surface area contributed by atoms with Crippen LogP contribution in [0.3, 0.4) is 0 Å². The van der Waals surface area contributed by atoms with Gasteiger partial charge in [0.2, 0.25) is 5.91 Å². The lowest BCUT2D eigenvalue weighted by Gasteiger charge is -2.10. The van der Waals surface area contributed by atoms with Crippen LogP contribution in [0, 0.1) is 0 Å². The van der Waals surface area contributed by atoms with Gasteiger partial charge in [-0.25, -0.2) is 0 Å². The first-order chi connectivity index (χ1) is 12.9. The minimum absolute atomic E-state index is 0.0187. The van der Waals surface area contributed by atoms with Crippen molar-refractivity contribution in [1.82, 2.24) is 0 Å². The van der Waals surface area contributed by atoms with Crippen LogP contribution in [0.25, 0.3) is 0 Å². The number of aromatic hydroxyl groups is 1. The fourth-order valence-corrected chi connectivity index (χ4v) is 2.35. The summed E-state index contributed by atoms with van der Waals surface area (Å²) in [5.74, 6) is -0.666. The van der Waals surface area contributed by atoms with Gasteiger partial charge in [0.25, 0.3) is 0 Å². The Hall–Kier alpha value is -3.35. The summed E-state index contributed by atoms with van der Waals surface area (Å²) in [6.45, 7) is 1.59. The maximum Gasteiger partial charge on any atom is 0.306 e.